The van der Waals surface area contributed by atoms with Crippen molar-refractivity contribution in [3.05, 3.63) is 48.3 Å². The smallest absolute Gasteiger partial charge is 0.326 e. The molecule has 1 N–H and O–H groups in total. The molecule has 26 heavy (non-hydrogen) atoms. The quantitative estimate of drug-likeness (QED) is 0.917. The number of likely N-dealkylation sites (tertiary alicyclic amines) is 1. The predicted octanol–water partition coefficient (Wildman–Crippen LogP) is 2.66. The van der Waals surface area contributed by atoms with Crippen LogP contribution in [0.4, 0.5) is 0 Å². The molecule has 1 saturated carbocycles. The molecule has 1 saturated heterocycles. The van der Waals surface area contributed by atoms with Crippen molar-refractivity contribution in [1.82, 2.24) is 14.7 Å². The van der Waals surface area contributed by atoms with Crippen LogP contribution >= 0.6 is 0 Å². The van der Waals surface area contributed by atoms with E-state index >= 15 is 0 Å². The van der Waals surface area contributed by atoms with Crippen LogP contribution in [0.15, 0.2) is 42.7 Å². The molecule has 1 aliphatic heterocycles. The average molecular weight is 353 g/mol. The number of carboxylic acids is 1. The molecule has 0 radical (unpaired) electrons. The first-order valence-electron chi connectivity index (χ1n) is 9.26. The Labute approximate surface area is 152 Å². The number of hydrogen-bond acceptors (Lipinski definition) is 3. The Morgan fingerprint density at radius 2 is 1.92 bits per heavy atom. The predicted molar refractivity (Wildman–Crippen MR) is 95.9 cm³/mol. The highest BCUT2D eigenvalue weighted by Gasteiger charge is 2.47. The highest BCUT2D eigenvalue weighted by molar-refractivity contribution is 5.86. The fourth-order valence-electron chi connectivity index (χ4n) is 4.48. The summed E-state index contributed by atoms with van der Waals surface area (Å²) in [6.07, 6.45) is 8.48. The molecule has 6 nitrogen and oxygen atoms in total. The van der Waals surface area contributed by atoms with Crippen LogP contribution in [0.3, 0.4) is 0 Å². The molecular formula is C20H23N3O3. The van der Waals surface area contributed by atoms with E-state index < -0.39 is 12.0 Å². The Morgan fingerprint density at radius 1 is 1.15 bits per heavy atom. The number of rotatable bonds is 4. The van der Waals surface area contributed by atoms with Crippen molar-refractivity contribution >= 4 is 11.9 Å². The van der Waals surface area contributed by atoms with Crippen LogP contribution in [0, 0.1) is 5.92 Å². The maximum Gasteiger partial charge on any atom is 0.326 e. The molecule has 6 heteroatoms. The second-order valence-corrected chi connectivity index (χ2v) is 7.31. The molecular weight excluding hydrogens is 330 g/mol. The Morgan fingerprint density at radius 3 is 2.69 bits per heavy atom. The number of carboxylic acid groups (broad SMARTS) is 1. The summed E-state index contributed by atoms with van der Waals surface area (Å²) < 4.78 is 1.74. The van der Waals surface area contributed by atoms with Gasteiger partial charge < -0.3 is 10.0 Å². The Bertz CT molecular complexity index is 802. The Kier molecular flexibility index (Phi) is 4.49. The van der Waals surface area contributed by atoms with Gasteiger partial charge in [-0.15, -0.1) is 0 Å². The minimum absolute atomic E-state index is 0.0847. The maximum absolute atomic E-state index is 13.0. The van der Waals surface area contributed by atoms with Crippen LogP contribution in [0.25, 0.3) is 5.69 Å². The SMILES string of the molecule is O=C(O)C1CC2CCCCC2N1C(=O)Cc1cnn(-c2ccccc2)c1. The molecule has 3 unspecified atom stereocenters. The molecule has 2 heterocycles. The minimum atomic E-state index is -0.882. The van der Waals surface area contributed by atoms with E-state index in [0.29, 0.717) is 12.3 Å². The van der Waals surface area contributed by atoms with Crippen molar-refractivity contribution in [3.8, 4) is 5.69 Å². The molecule has 2 aromatic rings. The number of para-hydroxylation sites is 1. The van der Waals surface area contributed by atoms with E-state index in [-0.39, 0.29) is 18.4 Å². The van der Waals surface area contributed by atoms with E-state index in [2.05, 4.69) is 5.10 Å². The first-order chi connectivity index (χ1) is 12.6. The van der Waals surface area contributed by atoms with Crippen molar-refractivity contribution in [2.24, 2.45) is 5.92 Å². The topological polar surface area (TPSA) is 75.4 Å². The van der Waals surface area contributed by atoms with Gasteiger partial charge in [-0.2, -0.15) is 5.10 Å². The zero-order valence-corrected chi connectivity index (χ0v) is 14.6. The number of carbonyl (C=O) groups is 2. The summed E-state index contributed by atoms with van der Waals surface area (Å²) in [7, 11) is 0. The normalized spacial score (nSPS) is 25.1. The number of hydrogen-bond donors (Lipinski definition) is 1. The van der Waals surface area contributed by atoms with Gasteiger partial charge in [-0.1, -0.05) is 31.0 Å². The minimum Gasteiger partial charge on any atom is -0.480 e. The third kappa shape index (κ3) is 3.11. The summed E-state index contributed by atoms with van der Waals surface area (Å²) in [4.78, 5) is 26.3. The highest BCUT2D eigenvalue weighted by Crippen LogP contribution is 2.40. The van der Waals surface area contributed by atoms with Crippen LogP contribution in [-0.2, 0) is 16.0 Å². The lowest BCUT2D eigenvalue weighted by Crippen LogP contribution is -2.46. The molecule has 1 aliphatic carbocycles. The van der Waals surface area contributed by atoms with Crippen molar-refractivity contribution in [2.75, 3.05) is 0 Å². The van der Waals surface area contributed by atoms with Gasteiger partial charge >= 0.3 is 5.97 Å². The molecule has 1 aromatic heterocycles. The first kappa shape index (κ1) is 16.8. The summed E-state index contributed by atoms with van der Waals surface area (Å²) in [6, 6.07) is 9.12. The van der Waals surface area contributed by atoms with Crippen LogP contribution < -0.4 is 0 Å². The molecule has 1 amide bonds. The van der Waals surface area contributed by atoms with E-state index in [1.807, 2.05) is 36.5 Å². The summed E-state index contributed by atoms with van der Waals surface area (Å²) in [6.45, 7) is 0. The fraction of sp³-hybridized carbons (Fsp3) is 0.450. The van der Waals surface area contributed by atoms with Gasteiger partial charge in [0.25, 0.3) is 0 Å². The number of fused-ring (bicyclic) bond motifs is 1. The van der Waals surface area contributed by atoms with Gasteiger partial charge in [-0.25, -0.2) is 9.48 Å². The maximum atomic E-state index is 13.0. The van der Waals surface area contributed by atoms with Gasteiger partial charge in [-0.3, -0.25) is 4.79 Å². The highest BCUT2D eigenvalue weighted by atomic mass is 16.4. The molecule has 0 spiro atoms. The van der Waals surface area contributed by atoms with E-state index in [1.165, 1.54) is 0 Å². The van der Waals surface area contributed by atoms with Gasteiger partial charge in [0.2, 0.25) is 5.91 Å². The van der Waals surface area contributed by atoms with E-state index in [4.69, 9.17) is 0 Å². The van der Waals surface area contributed by atoms with Crippen molar-refractivity contribution < 1.29 is 14.7 Å². The molecule has 136 valence electrons. The van der Waals surface area contributed by atoms with Crippen molar-refractivity contribution in [1.29, 1.82) is 0 Å². The number of nitrogens with zero attached hydrogens (tertiary/aromatic N) is 3. The van der Waals surface area contributed by atoms with E-state index in [0.717, 1.165) is 36.9 Å². The summed E-state index contributed by atoms with van der Waals surface area (Å²) in [5.74, 6) is -0.645. The summed E-state index contributed by atoms with van der Waals surface area (Å²) >= 11 is 0. The van der Waals surface area contributed by atoms with Crippen LogP contribution in [0.2, 0.25) is 0 Å². The first-order valence-corrected chi connectivity index (χ1v) is 9.26. The number of aromatic nitrogens is 2. The van der Waals surface area contributed by atoms with Crippen LogP contribution in [0.1, 0.15) is 37.7 Å². The second kappa shape index (κ2) is 6.94. The molecule has 0 bridgehead atoms. The molecule has 2 fully saturated rings. The molecule has 2 aliphatic rings. The lowest BCUT2D eigenvalue weighted by atomic mass is 9.84. The third-order valence-corrected chi connectivity index (χ3v) is 5.67. The summed E-state index contributed by atoms with van der Waals surface area (Å²) in [5.41, 5.74) is 1.74. The van der Waals surface area contributed by atoms with Gasteiger partial charge in [0.1, 0.15) is 6.04 Å². The van der Waals surface area contributed by atoms with Gasteiger partial charge in [0, 0.05) is 12.2 Å². The van der Waals surface area contributed by atoms with Crippen LogP contribution in [0.5, 0.6) is 0 Å². The lowest BCUT2D eigenvalue weighted by molar-refractivity contribution is -0.149. The zero-order valence-electron chi connectivity index (χ0n) is 14.6. The summed E-state index contributed by atoms with van der Waals surface area (Å²) in [5, 5.41) is 13.9. The molecule has 1 aromatic carbocycles. The van der Waals surface area contributed by atoms with Crippen molar-refractivity contribution in [3.63, 3.8) is 0 Å². The van der Waals surface area contributed by atoms with Gasteiger partial charge in [0.15, 0.2) is 0 Å². The fourth-order valence-corrected chi connectivity index (χ4v) is 4.48. The molecule has 4 rings (SSSR count). The number of amides is 1. The standard InChI is InChI=1S/C20H23N3O3/c24-19(10-14-12-21-22(13-14)16-7-2-1-3-8-16)23-17-9-5-4-6-15(17)11-18(23)20(25)26/h1-3,7-8,12-13,15,17-18H,4-6,9-11H2,(H,25,26). The third-order valence-electron chi connectivity index (χ3n) is 5.67. The van der Waals surface area contributed by atoms with E-state index in [1.54, 1.807) is 15.8 Å². The van der Waals surface area contributed by atoms with Crippen molar-refractivity contribution in [2.45, 2.75) is 50.6 Å². The number of aliphatic carboxylic acids is 1. The van der Waals surface area contributed by atoms with E-state index in [9.17, 15) is 14.7 Å². The Balaban J connectivity index is 1.52. The second-order valence-electron chi connectivity index (χ2n) is 7.31. The Hall–Kier alpha value is -2.63. The lowest BCUT2D eigenvalue weighted by Gasteiger charge is -2.33. The van der Waals surface area contributed by atoms with Gasteiger partial charge in [-0.05, 0) is 42.9 Å². The number of benzene rings is 1. The largest absolute Gasteiger partial charge is 0.480 e. The zero-order chi connectivity index (χ0) is 18.1. The number of carbonyl (C=O) groups excluding carboxylic acids is 1. The van der Waals surface area contributed by atoms with Crippen LogP contribution in [-0.4, -0.2) is 43.7 Å². The molecule has 3 atom stereocenters. The monoisotopic (exact) mass is 353 g/mol. The average Bonchev–Trinajstić information content (AvgIpc) is 3.27. The van der Waals surface area contributed by atoms with Gasteiger partial charge in [0.05, 0.1) is 18.3 Å².